The molecule has 1 aromatic heterocycles. The van der Waals surface area contributed by atoms with Gasteiger partial charge < -0.3 is 15.5 Å². The maximum atomic E-state index is 11.8. The zero-order chi connectivity index (χ0) is 16.4. The minimum Gasteiger partial charge on any atom is -0.368 e. The van der Waals surface area contributed by atoms with Crippen LogP contribution in [0.1, 0.15) is 21.7 Å². The Labute approximate surface area is 136 Å². The largest absolute Gasteiger partial charge is 0.368 e. The van der Waals surface area contributed by atoms with Gasteiger partial charge in [0.1, 0.15) is 0 Å². The summed E-state index contributed by atoms with van der Waals surface area (Å²) in [6.07, 6.45) is 0. The number of rotatable bonds is 3. The highest BCUT2D eigenvalue weighted by molar-refractivity contribution is 5.99. The summed E-state index contributed by atoms with van der Waals surface area (Å²) in [4.78, 5) is 20.8. The van der Waals surface area contributed by atoms with Gasteiger partial charge in [0.15, 0.2) is 0 Å². The van der Waals surface area contributed by atoms with Crippen molar-refractivity contribution >= 4 is 17.3 Å². The van der Waals surface area contributed by atoms with E-state index in [2.05, 4.69) is 39.0 Å². The molecule has 0 bridgehead atoms. The summed E-state index contributed by atoms with van der Waals surface area (Å²) in [7, 11) is 0. The van der Waals surface area contributed by atoms with Crippen molar-refractivity contribution in [3.05, 3.63) is 53.3 Å². The minimum atomic E-state index is -0.407. The maximum Gasteiger partial charge on any atom is 0.252 e. The molecule has 0 aliphatic carbocycles. The fourth-order valence-electron chi connectivity index (χ4n) is 3.21. The first-order valence-electron chi connectivity index (χ1n) is 7.89. The summed E-state index contributed by atoms with van der Waals surface area (Å²) in [5, 5.41) is 0. The lowest BCUT2D eigenvalue weighted by molar-refractivity contribution is 0.0999. The SMILES string of the molecule is Cc1cc(N2CCN(c3ccccc3)CC2)c(C(N)=O)c(C)n1. The van der Waals surface area contributed by atoms with Gasteiger partial charge in [-0.2, -0.15) is 0 Å². The number of carbonyl (C=O) groups excluding carboxylic acids is 1. The van der Waals surface area contributed by atoms with Crippen LogP contribution in [-0.4, -0.2) is 37.1 Å². The molecule has 0 spiro atoms. The molecule has 120 valence electrons. The van der Waals surface area contributed by atoms with Crippen LogP contribution >= 0.6 is 0 Å². The van der Waals surface area contributed by atoms with Gasteiger partial charge in [0.2, 0.25) is 0 Å². The van der Waals surface area contributed by atoms with Gasteiger partial charge in [-0.1, -0.05) is 18.2 Å². The fourth-order valence-corrected chi connectivity index (χ4v) is 3.21. The van der Waals surface area contributed by atoms with Crippen molar-refractivity contribution in [3.8, 4) is 0 Å². The molecule has 2 N–H and O–H groups in total. The highest BCUT2D eigenvalue weighted by atomic mass is 16.1. The van der Waals surface area contributed by atoms with Gasteiger partial charge in [-0.25, -0.2) is 0 Å². The molecule has 2 heterocycles. The Morgan fingerprint density at radius 2 is 1.65 bits per heavy atom. The Morgan fingerprint density at radius 3 is 2.26 bits per heavy atom. The lowest BCUT2D eigenvalue weighted by atomic mass is 10.1. The number of hydrogen-bond acceptors (Lipinski definition) is 4. The van der Waals surface area contributed by atoms with E-state index >= 15 is 0 Å². The first kappa shape index (κ1) is 15.3. The van der Waals surface area contributed by atoms with E-state index in [9.17, 15) is 4.79 Å². The summed E-state index contributed by atoms with van der Waals surface area (Å²) in [5.41, 5.74) is 9.89. The third-order valence-corrected chi connectivity index (χ3v) is 4.30. The van der Waals surface area contributed by atoms with Crippen molar-refractivity contribution in [2.75, 3.05) is 36.0 Å². The first-order valence-corrected chi connectivity index (χ1v) is 7.89. The Bertz CT molecular complexity index is 706. The molecule has 5 nitrogen and oxygen atoms in total. The molecule has 1 saturated heterocycles. The highest BCUT2D eigenvalue weighted by Crippen LogP contribution is 2.26. The average molecular weight is 310 g/mol. The molecule has 0 radical (unpaired) electrons. The summed E-state index contributed by atoms with van der Waals surface area (Å²) >= 11 is 0. The molecular formula is C18H22N4O. The standard InChI is InChI=1S/C18H22N4O/c1-13-12-16(17(18(19)23)14(2)20-13)22-10-8-21(9-11-22)15-6-4-3-5-7-15/h3-7,12H,8-11H2,1-2H3,(H2,19,23). The number of nitrogens with zero attached hydrogens (tertiary/aromatic N) is 3. The minimum absolute atomic E-state index is 0.407. The second-order valence-electron chi connectivity index (χ2n) is 5.92. The summed E-state index contributed by atoms with van der Waals surface area (Å²) in [5.74, 6) is -0.407. The van der Waals surface area contributed by atoms with E-state index in [1.165, 1.54) is 5.69 Å². The number of anilines is 2. The third kappa shape index (κ3) is 3.13. The van der Waals surface area contributed by atoms with Crippen molar-refractivity contribution in [1.82, 2.24) is 4.98 Å². The van der Waals surface area contributed by atoms with E-state index in [1.54, 1.807) is 0 Å². The van der Waals surface area contributed by atoms with E-state index in [0.717, 1.165) is 37.6 Å². The Balaban J connectivity index is 1.82. The predicted octanol–water partition coefficient (Wildman–Crippen LogP) is 2.12. The molecule has 1 amide bonds. The monoisotopic (exact) mass is 310 g/mol. The normalized spacial score (nSPS) is 14.9. The summed E-state index contributed by atoms with van der Waals surface area (Å²) < 4.78 is 0. The number of piperazine rings is 1. The fraction of sp³-hybridized carbons (Fsp3) is 0.333. The smallest absolute Gasteiger partial charge is 0.252 e. The predicted molar refractivity (Wildman–Crippen MR) is 93.1 cm³/mol. The lowest BCUT2D eigenvalue weighted by Crippen LogP contribution is -2.47. The molecule has 1 aromatic carbocycles. The van der Waals surface area contributed by atoms with E-state index in [0.29, 0.717) is 11.3 Å². The van der Waals surface area contributed by atoms with Crippen LogP contribution in [0.25, 0.3) is 0 Å². The molecule has 1 fully saturated rings. The highest BCUT2D eigenvalue weighted by Gasteiger charge is 2.23. The molecule has 1 aliphatic heterocycles. The van der Waals surface area contributed by atoms with Crippen LogP contribution in [0.4, 0.5) is 11.4 Å². The number of aromatic nitrogens is 1. The molecule has 0 atom stereocenters. The molecule has 23 heavy (non-hydrogen) atoms. The van der Waals surface area contributed by atoms with Gasteiger partial charge in [-0.05, 0) is 32.0 Å². The molecule has 0 unspecified atom stereocenters. The van der Waals surface area contributed by atoms with Crippen LogP contribution < -0.4 is 15.5 Å². The van der Waals surface area contributed by atoms with Crippen LogP contribution in [0.3, 0.4) is 0 Å². The van der Waals surface area contributed by atoms with E-state index in [1.807, 2.05) is 26.0 Å². The van der Waals surface area contributed by atoms with Crippen molar-refractivity contribution in [1.29, 1.82) is 0 Å². The van der Waals surface area contributed by atoms with E-state index in [-0.39, 0.29) is 0 Å². The molecule has 3 rings (SSSR count). The molecule has 5 heteroatoms. The van der Waals surface area contributed by atoms with Crippen LogP contribution in [0.5, 0.6) is 0 Å². The number of amides is 1. The van der Waals surface area contributed by atoms with Crippen LogP contribution in [0.15, 0.2) is 36.4 Å². The number of benzene rings is 1. The Hall–Kier alpha value is -2.56. The second kappa shape index (κ2) is 6.28. The number of carbonyl (C=O) groups is 1. The van der Waals surface area contributed by atoms with Crippen molar-refractivity contribution in [2.45, 2.75) is 13.8 Å². The quantitative estimate of drug-likeness (QED) is 0.943. The molecule has 2 aromatic rings. The summed E-state index contributed by atoms with van der Waals surface area (Å²) in [6.45, 7) is 7.35. The van der Waals surface area contributed by atoms with Gasteiger partial charge in [0.25, 0.3) is 5.91 Å². The lowest BCUT2D eigenvalue weighted by Gasteiger charge is -2.38. The zero-order valence-electron chi connectivity index (χ0n) is 13.6. The topological polar surface area (TPSA) is 62.5 Å². The maximum absolute atomic E-state index is 11.8. The number of aryl methyl sites for hydroxylation is 2. The van der Waals surface area contributed by atoms with Gasteiger partial charge >= 0.3 is 0 Å². The van der Waals surface area contributed by atoms with E-state index < -0.39 is 5.91 Å². The Morgan fingerprint density at radius 1 is 1.04 bits per heavy atom. The molecular weight excluding hydrogens is 288 g/mol. The molecule has 1 aliphatic rings. The third-order valence-electron chi connectivity index (χ3n) is 4.30. The van der Waals surface area contributed by atoms with Gasteiger partial charge in [-0.3, -0.25) is 9.78 Å². The van der Waals surface area contributed by atoms with Crippen LogP contribution in [0, 0.1) is 13.8 Å². The zero-order valence-corrected chi connectivity index (χ0v) is 13.6. The number of para-hydroxylation sites is 1. The number of pyridine rings is 1. The van der Waals surface area contributed by atoms with E-state index in [4.69, 9.17) is 5.73 Å². The van der Waals surface area contributed by atoms with Crippen molar-refractivity contribution in [2.24, 2.45) is 5.73 Å². The average Bonchev–Trinajstić information content (AvgIpc) is 2.54. The van der Waals surface area contributed by atoms with Crippen LogP contribution in [-0.2, 0) is 0 Å². The Kier molecular flexibility index (Phi) is 4.19. The first-order chi connectivity index (χ1) is 11.1. The van der Waals surface area contributed by atoms with Crippen molar-refractivity contribution < 1.29 is 4.79 Å². The van der Waals surface area contributed by atoms with Crippen molar-refractivity contribution in [3.63, 3.8) is 0 Å². The van der Waals surface area contributed by atoms with Gasteiger partial charge in [-0.15, -0.1) is 0 Å². The molecule has 0 saturated carbocycles. The number of primary amides is 1. The van der Waals surface area contributed by atoms with Crippen LogP contribution in [0.2, 0.25) is 0 Å². The van der Waals surface area contributed by atoms with Gasteiger partial charge in [0.05, 0.1) is 16.9 Å². The number of nitrogens with two attached hydrogens (primary N) is 1. The van der Waals surface area contributed by atoms with Gasteiger partial charge in [0, 0.05) is 37.6 Å². The number of hydrogen-bond donors (Lipinski definition) is 1. The summed E-state index contributed by atoms with van der Waals surface area (Å²) in [6, 6.07) is 12.4. The second-order valence-corrected chi connectivity index (χ2v) is 5.92.